The second kappa shape index (κ2) is 9.92. The number of nitrogens with zero attached hydrogens (tertiary/aromatic N) is 2. The molecule has 7 aromatic rings. The second-order valence-electron chi connectivity index (χ2n) is 11.5. The molecule has 4 heteroatoms. The maximum Gasteiger partial charge on any atom is 0.268 e. The molecule has 0 atom stereocenters. The molecular formula is C40H28N2O2. The zero-order valence-corrected chi connectivity index (χ0v) is 24.4. The van der Waals surface area contributed by atoms with Gasteiger partial charge in [-0.15, -0.1) is 0 Å². The van der Waals surface area contributed by atoms with Crippen molar-refractivity contribution in [3.05, 3.63) is 156 Å². The molecule has 2 amide bonds. The van der Waals surface area contributed by atoms with Crippen LogP contribution in [0, 0.1) is 13.8 Å². The van der Waals surface area contributed by atoms with E-state index >= 15 is 0 Å². The third-order valence-corrected chi connectivity index (χ3v) is 8.57. The quantitative estimate of drug-likeness (QED) is 0.198. The number of amides is 2. The Hall–Kier alpha value is -5.74. The summed E-state index contributed by atoms with van der Waals surface area (Å²) in [5.41, 5.74) is 10.7. The molecule has 0 saturated carbocycles. The minimum atomic E-state index is -0.317. The lowest BCUT2D eigenvalue weighted by Gasteiger charge is -2.16. The van der Waals surface area contributed by atoms with Crippen LogP contribution in [0.2, 0.25) is 0 Å². The first-order chi connectivity index (χ1) is 21.5. The molecule has 0 radical (unpaired) electrons. The number of hydrogen-bond acceptors (Lipinski definition) is 2. The zero-order valence-electron chi connectivity index (χ0n) is 24.4. The van der Waals surface area contributed by atoms with Gasteiger partial charge in [0.25, 0.3) is 11.8 Å². The van der Waals surface area contributed by atoms with Crippen molar-refractivity contribution in [1.29, 1.82) is 0 Å². The highest BCUT2D eigenvalue weighted by Gasteiger charge is 2.39. The van der Waals surface area contributed by atoms with Crippen molar-refractivity contribution >= 4 is 39.3 Å². The summed E-state index contributed by atoms with van der Waals surface area (Å²) in [6, 6.07) is 44.5. The van der Waals surface area contributed by atoms with Crippen LogP contribution in [-0.2, 0) is 0 Å². The van der Waals surface area contributed by atoms with Gasteiger partial charge in [0.15, 0.2) is 0 Å². The normalized spacial score (nSPS) is 12.8. The molecule has 0 spiro atoms. The maximum absolute atomic E-state index is 14.3. The number of rotatable bonds is 4. The second-order valence-corrected chi connectivity index (χ2v) is 11.5. The van der Waals surface area contributed by atoms with E-state index in [-0.39, 0.29) is 11.8 Å². The lowest BCUT2D eigenvalue weighted by molar-refractivity contribution is 0.0926. The largest absolute Gasteiger partial charge is 0.308 e. The van der Waals surface area contributed by atoms with Gasteiger partial charge in [0.1, 0.15) is 0 Å². The van der Waals surface area contributed by atoms with E-state index in [0.29, 0.717) is 22.5 Å². The van der Waals surface area contributed by atoms with Crippen LogP contribution >= 0.6 is 0 Å². The van der Waals surface area contributed by atoms with Crippen molar-refractivity contribution in [2.24, 2.45) is 0 Å². The SMILES string of the molecule is Cc1cc(C)cc(-c2ccc3c4ccccc4n(-c4cccc5c4C(=O)N(c4cccc(-c6ccccc6)c4)C5=O)c3c2)c1. The molecule has 0 aliphatic carbocycles. The van der Waals surface area contributed by atoms with Crippen LogP contribution < -0.4 is 4.90 Å². The van der Waals surface area contributed by atoms with Gasteiger partial charge in [-0.05, 0) is 72.5 Å². The van der Waals surface area contributed by atoms with Crippen molar-refractivity contribution in [3.8, 4) is 27.9 Å². The molecule has 0 fully saturated rings. The van der Waals surface area contributed by atoms with Gasteiger partial charge < -0.3 is 4.57 Å². The van der Waals surface area contributed by atoms with Crippen molar-refractivity contribution in [2.45, 2.75) is 13.8 Å². The molecule has 0 bridgehead atoms. The Morgan fingerprint density at radius 3 is 1.98 bits per heavy atom. The number of aryl methyl sites for hydroxylation is 2. The number of benzene rings is 6. The van der Waals surface area contributed by atoms with E-state index in [1.54, 1.807) is 6.07 Å². The van der Waals surface area contributed by atoms with Crippen molar-refractivity contribution in [3.63, 3.8) is 0 Å². The third-order valence-electron chi connectivity index (χ3n) is 8.57. The van der Waals surface area contributed by atoms with Gasteiger partial charge >= 0.3 is 0 Å². The Balaban J connectivity index is 1.32. The molecule has 2 heterocycles. The van der Waals surface area contributed by atoms with Gasteiger partial charge in [0.2, 0.25) is 0 Å². The van der Waals surface area contributed by atoms with E-state index in [9.17, 15) is 9.59 Å². The number of imide groups is 1. The van der Waals surface area contributed by atoms with E-state index in [2.05, 4.69) is 66.9 Å². The summed E-state index contributed by atoms with van der Waals surface area (Å²) in [5, 5.41) is 2.19. The van der Waals surface area contributed by atoms with Crippen molar-refractivity contribution in [2.75, 3.05) is 4.90 Å². The van der Waals surface area contributed by atoms with Gasteiger partial charge in [0, 0.05) is 10.8 Å². The Bertz CT molecular complexity index is 2270. The number of carbonyl (C=O) groups is 2. The number of fused-ring (bicyclic) bond motifs is 4. The standard InChI is InChI=1S/C40H28N2O2/c1-25-20-26(2)22-30(21-25)29-18-19-33-32-14-6-7-16-35(32)42(37(33)24-29)36-17-9-15-34-38(36)40(44)41(39(34)43)31-13-8-12-28(23-31)27-10-4-3-5-11-27/h3-24H,1-2H3. The predicted molar refractivity (Wildman–Crippen MR) is 179 cm³/mol. The van der Waals surface area contributed by atoms with Crippen LogP contribution in [0.4, 0.5) is 5.69 Å². The fourth-order valence-electron chi connectivity index (χ4n) is 6.69. The topological polar surface area (TPSA) is 42.3 Å². The summed E-state index contributed by atoms with van der Waals surface area (Å²) in [5.74, 6) is -0.629. The highest BCUT2D eigenvalue weighted by Crippen LogP contribution is 2.39. The summed E-state index contributed by atoms with van der Waals surface area (Å²) < 4.78 is 2.14. The molecule has 210 valence electrons. The minimum Gasteiger partial charge on any atom is -0.308 e. The minimum absolute atomic E-state index is 0.311. The van der Waals surface area contributed by atoms with Gasteiger partial charge in [-0.2, -0.15) is 0 Å². The first kappa shape index (κ1) is 25.9. The van der Waals surface area contributed by atoms with Crippen LogP contribution in [0.5, 0.6) is 0 Å². The van der Waals surface area contributed by atoms with Gasteiger partial charge in [0.05, 0.1) is 33.5 Å². The molecule has 1 aliphatic heterocycles. The Labute approximate surface area is 255 Å². The average Bonchev–Trinajstić information content (AvgIpc) is 3.51. The molecule has 0 unspecified atom stereocenters. The van der Waals surface area contributed by atoms with E-state index in [0.717, 1.165) is 44.1 Å². The lowest BCUT2D eigenvalue weighted by atomic mass is 9.99. The van der Waals surface area contributed by atoms with Crippen LogP contribution in [0.1, 0.15) is 31.8 Å². The third kappa shape index (κ3) is 3.99. The summed E-state index contributed by atoms with van der Waals surface area (Å²) >= 11 is 0. The first-order valence-electron chi connectivity index (χ1n) is 14.8. The lowest BCUT2D eigenvalue weighted by Crippen LogP contribution is -2.29. The van der Waals surface area contributed by atoms with E-state index in [4.69, 9.17) is 0 Å². The van der Waals surface area contributed by atoms with E-state index in [1.165, 1.54) is 16.0 Å². The molecule has 8 rings (SSSR count). The molecule has 0 N–H and O–H groups in total. The molecule has 1 aliphatic rings. The highest BCUT2D eigenvalue weighted by atomic mass is 16.2. The predicted octanol–water partition coefficient (Wildman–Crippen LogP) is 9.54. The van der Waals surface area contributed by atoms with Crippen LogP contribution in [0.3, 0.4) is 0 Å². The summed E-state index contributed by atoms with van der Waals surface area (Å²) in [4.78, 5) is 29.5. The van der Waals surface area contributed by atoms with Crippen LogP contribution in [0.25, 0.3) is 49.7 Å². The number of hydrogen-bond donors (Lipinski definition) is 0. The number of carbonyl (C=O) groups excluding carboxylic acids is 2. The highest BCUT2D eigenvalue weighted by molar-refractivity contribution is 6.36. The summed E-state index contributed by atoms with van der Waals surface area (Å²) in [7, 11) is 0. The summed E-state index contributed by atoms with van der Waals surface area (Å²) in [6.07, 6.45) is 0. The monoisotopic (exact) mass is 568 g/mol. The van der Waals surface area contributed by atoms with E-state index < -0.39 is 0 Å². The fraction of sp³-hybridized carbons (Fsp3) is 0.0500. The number of anilines is 1. The number of para-hydroxylation sites is 1. The smallest absolute Gasteiger partial charge is 0.268 e. The molecule has 44 heavy (non-hydrogen) atoms. The van der Waals surface area contributed by atoms with Crippen molar-refractivity contribution < 1.29 is 9.59 Å². The first-order valence-corrected chi connectivity index (χ1v) is 14.8. The van der Waals surface area contributed by atoms with Crippen LogP contribution in [0.15, 0.2) is 133 Å². The summed E-state index contributed by atoms with van der Waals surface area (Å²) in [6.45, 7) is 4.23. The fourth-order valence-corrected chi connectivity index (χ4v) is 6.69. The molecule has 0 saturated heterocycles. The Morgan fingerprint density at radius 2 is 1.16 bits per heavy atom. The van der Waals surface area contributed by atoms with Gasteiger partial charge in [-0.3, -0.25) is 9.59 Å². The van der Waals surface area contributed by atoms with Crippen LogP contribution in [-0.4, -0.2) is 16.4 Å². The molecule has 4 nitrogen and oxygen atoms in total. The van der Waals surface area contributed by atoms with E-state index in [1.807, 2.05) is 78.9 Å². The number of aromatic nitrogens is 1. The molecular weight excluding hydrogens is 540 g/mol. The Kier molecular flexibility index (Phi) is 5.85. The Morgan fingerprint density at radius 1 is 0.477 bits per heavy atom. The molecule has 6 aromatic carbocycles. The van der Waals surface area contributed by atoms with Crippen molar-refractivity contribution in [1.82, 2.24) is 4.57 Å². The van der Waals surface area contributed by atoms with Gasteiger partial charge in [-0.1, -0.05) is 108 Å². The zero-order chi connectivity index (χ0) is 29.9. The average molecular weight is 569 g/mol. The molecule has 1 aromatic heterocycles. The maximum atomic E-state index is 14.3. The van der Waals surface area contributed by atoms with Gasteiger partial charge in [-0.25, -0.2) is 4.90 Å².